The molecule has 0 radical (unpaired) electrons. The Morgan fingerprint density at radius 1 is 1.11 bits per heavy atom. The van der Waals surface area contributed by atoms with E-state index in [1.165, 1.54) is 12.1 Å². The zero-order chi connectivity index (χ0) is 20.3. The molecule has 0 fully saturated rings. The van der Waals surface area contributed by atoms with E-state index in [0.717, 1.165) is 22.4 Å². The lowest BCUT2D eigenvalue weighted by Crippen LogP contribution is -2.30. The first kappa shape index (κ1) is 19.8. The van der Waals surface area contributed by atoms with Gasteiger partial charge in [-0.3, -0.25) is 9.59 Å². The zero-order valence-electron chi connectivity index (χ0n) is 14.8. The monoisotopic (exact) mass is 417 g/mol. The van der Waals surface area contributed by atoms with E-state index in [-0.39, 0.29) is 9.92 Å². The third kappa shape index (κ3) is 4.47. The molecule has 0 saturated heterocycles. The number of aromatic nitrogens is 2. The molecule has 2 aromatic carbocycles. The number of amides is 1. The van der Waals surface area contributed by atoms with Gasteiger partial charge < -0.3 is 5.32 Å². The summed E-state index contributed by atoms with van der Waals surface area (Å²) >= 11 is 5.79. The number of hydrogen-bond acceptors (Lipinski definition) is 5. The van der Waals surface area contributed by atoms with Crippen molar-refractivity contribution in [1.29, 1.82) is 0 Å². The fourth-order valence-corrected chi connectivity index (χ4v) is 3.88. The van der Waals surface area contributed by atoms with Gasteiger partial charge >= 0.3 is 0 Å². The van der Waals surface area contributed by atoms with Crippen LogP contribution in [0.4, 0.5) is 5.69 Å². The lowest BCUT2D eigenvalue weighted by Gasteiger charge is -2.09. The number of anilines is 1. The summed E-state index contributed by atoms with van der Waals surface area (Å²) < 4.78 is 26.3. The molecule has 0 saturated carbocycles. The molecule has 1 N–H and O–H groups in total. The van der Waals surface area contributed by atoms with Gasteiger partial charge in [-0.15, -0.1) is 0 Å². The van der Waals surface area contributed by atoms with Crippen molar-refractivity contribution in [3.05, 3.63) is 81.6 Å². The highest BCUT2D eigenvalue weighted by Crippen LogP contribution is 2.19. The molecule has 1 amide bonds. The minimum absolute atomic E-state index is 0.0656. The van der Waals surface area contributed by atoms with Crippen LogP contribution in [0.2, 0.25) is 5.02 Å². The number of carbonyl (C=O) groups is 1. The second-order valence-corrected chi connectivity index (χ2v) is 8.38. The number of benzene rings is 2. The second-order valence-electron chi connectivity index (χ2n) is 6.04. The summed E-state index contributed by atoms with van der Waals surface area (Å²) in [6, 6.07) is 15.0. The summed E-state index contributed by atoms with van der Waals surface area (Å²) in [5, 5.41) is 6.69. The number of sulfone groups is 1. The molecule has 9 heteroatoms. The molecule has 3 aromatic rings. The van der Waals surface area contributed by atoms with Crippen LogP contribution in [0.25, 0.3) is 0 Å². The SMILES string of the molecule is Cc1cccc(S(=O)(=O)c2ccc(=O)n(CC(=O)Nc3ccc(Cl)cc3)n2)c1. The maximum Gasteiger partial charge on any atom is 0.267 e. The molecule has 0 bridgehead atoms. The van der Waals surface area contributed by atoms with Crippen LogP contribution >= 0.6 is 11.6 Å². The van der Waals surface area contributed by atoms with Gasteiger partial charge in [0.15, 0.2) is 5.03 Å². The van der Waals surface area contributed by atoms with E-state index in [4.69, 9.17) is 11.6 Å². The fourth-order valence-electron chi connectivity index (χ4n) is 2.46. The Morgan fingerprint density at radius 3 is 2.50 bits per heavy atom. The Labute approximate surface area is 166 Å². The van der Waals surface area contributed by atoms with E-state index >= 15 is 0 Å². The summed E-state index contributed by atoms with van der Waals surface area (Å²) in [7, 11) is -3.92. The predicted molar refractivity (Wildman–Crippen MR) is 105 cm³/mol. The first-order valence-electron chi connectivity index (χ1n) is 8.21. The smallest absolute Gasteiger partial charge is 0.267 e. The van der Waals surface area contributed by atoms with Crippen LogP contribution in [-0.4, -0.2) is 24.1 Å². The van der Waals surface area contributed by atoms with Gasteiger partial charge in [0.05, 0.1) is 4.90 Å². The molecule has 1 heterocycles. The molecule has 7 nitrogen and oxygen atoms in total. The van der Waals surface area contributed by atoms with E-state index in [1.54, 1.807) is 43.3 Å². The third-order valence-corrected chi connectivity index (χ3v) is 5.73. The quantitative estimate of drug-likeness (QED) is 0.688. The highest BCUT2D eigenvalue weighted by molar-refractivity contribution is 7.91. The van der Waals surface area contributed by atoms with Crippen LogP contribution in [0.15, 0.2) is 75.4 Å². The number of nitrogens with zero attached hydrogens (tertiary/aromatic N) is 2. The first-order chi connectivity index (χ1) is 13.3. The Balaban J connectivity index is 1.86. The first-order valence-corrected chi connectivity index (χ1v) is 10.1. The average Bonchev–Trinajstić information content (AvgIpc) is 2.65. The highest BCUT2D eigenvalue weighted by atomic mass is 35.5. The van der Waals surface area contributed by atoms with Crippen molar-refractivity contribution in [3.63, 3.8) is 0 Å². The van der Waals surface area contributed by atoms with Gasteiger partial charge in [-0.2, -0.15) is 5.10 Å². The molecule has 0 aliphatic carbocycles. The third-order valence-electron chi connectivity index (χ3n) is 3.84. The topological polar surface area (TPSA) is 98.1 Å². The highest BCUT2D eigenvalue weighted by Gasteiger charge is 2.21. The molecule has 0 aliphatic rings. The van der Waals surface area contributed by atoms with Crippen LogP contribution in [0.1, 0.15) is 5.56 Å². The Morgan fingerprint density at radius 2 is 1.82 bits per heavy atom. The van der Waals surface area contributed by atoms with Crippen molar-refractivity contribution >= 4 is 33.0 Å². The van der Waals surface area contributed by atoms with E-state index in [0.29, 0.717) is 10.7 Å². The van der Waals surface area contributed by atoms with Gasteiger partial charge in [-0.05, 0) is 55.0 Å². The predicted octanol–water partition coefficient (Wildman–Crippen LogP) is 2.68. The summed E-state index contributed by atoms with van der Waals surface area (Å²) in [6.45, 7) is 1.34. The lowest BCUT2D eigenvalue weighted by atomic mass is 10.2. The van der Waals surface area contributed by atoms with Gasteiger partial charge in [-0.25, -0.2) is 13.1 Å². The number of carbonyl (C=O) groups excluding carboxylic acids is 1. The Kier molecular flexibility index (Phi) is 5.62. The van der Waals surface area contributed by atoms with Crippen molar-refractivity contribution in [2.75, 3.05) is 5.32 Å². The van der Waals surface area contributed by atoms with Gasteiger partial charge in [0.1, 0.15) is 6.54 Å². The number of nitrogens with one attached hydrogen (secondary N) is 1. The van der Waals surface area contributed by atoms with Crippen LogP contribution in [0, 0.1) is 6.92 Å². The molecule has 0 aliphatic heterocycles. The van der Waals surface area contributed by atoms with Gasteiger partial charge in [0.25, 0.3) is 5.56 Å². The van der Waals surface area contributed by atoms with Crippen molar-refractivity contribution in [3.8, 4) is 0 Å². The maximum atomic E-state index is 12.8. The van der Waals surface area contributed by atoms with Crippen molar-refractivity contribution in [2.24, 2.45) is 0 Å². The van der Waals surface area contributed by atoms with Crippen molar-refractivity contribution in [2.45, 2.75) is 23.4 Å². The molecule has 0 unspecified atom stereocenters. The molecule has 144 valence electrons. The summed E-state index contributed by atoms with van der Waals surface area (Å²) in [6.07, 6.45) is 0. The fraction of sp³-hybridized carbons (Fsp3) is 0.105. The van der Waals surface area contributed by atoms with E-state index in [9.17, 15) is 18.0 Å². The standard InChI is InChI=1S/C19H16ClN3O4S/c1-13-3-2-4-16(11-13)28(26,27)18-9-10-19(25)23(22-18)12-17(24)21-15-7-5-14(20)6-8-15/h2-11H,12H2,1H3,(H,21,24). The van der Waals surface area contributed by atoms with Gasteiger partial charge in [-0.1, -0.05) is 23.7 Å². The summed E-state index contributed by atoms with van der Waals surface area (Å²) in [5.74, 6) is -0.526. The summed E-state index contributed by atoms with van der Waals surface area (Å²) in [4.78, 5) is 24.3. The minimum atomic E-state index is -3.92. The molecular weight excluding hydrogens is 402 g/mol. The Bertz CT molecular complexity index is 1190. The molecule has 3 rings (SSSR count). The molecular formula is C19H16ClN3O4S. The van der Waals surface area contributed by atoms with Crippen molar-refractivity contribution < 1.29 is 13.2 Å². The van der Waals surface area contributed by atoms with E-state index in [1.807, 2.05) is 0 Å². The minimum Gasteiger partial charge on any atom is -0.324 e. The van der Waals surface area contributed by atoms with E-state index in [2.05, 4.69) is 10.4 Å². The normalized spacial score (nSPS) is 11.2. The second kappa shape index (κ2) is 7.95. The average molecular weight is 418 g/mol. The summed E-state index contributed by atoms with van der Waals surface area (Å²) in [5.41, 5.74) is 0.678. The number of rotatable bonds is 5. The number of halogens is 1. The van der Waals surface area contributed by atoms with E-state index < -0.39 is 27.8 Å². The largest absolute Gasteiger partial charge is 0.324 e. The van der Waals surface area contributed by atoms with Gasteiger partial charge in [0.2, 0.25) is 15.7 Å². The molecule has 0 atom stereocenters. The number of hydrogen-bond donors (Lipinski definition) is 1. The molecule has 0 spiro atoms. The lowest BCUT2D eigenvalue weighted by molar-refractivity contribution is -0.117. The Hall–Kier alpha value is -2.97. The van der Waals surface area contributed by atoms with Crippen LogP contribution in [-0.2, 0) is 21.2 Å². The zero-order valence-corrected chi connectivity index (χ0v) is 16.4. The van der Waals surface area contributed by atoms with Crippen LogP contribution < -0.4 is 10.9 Å². The molecule has 28 heavy (non-hydrogen) atoms. The van der Waals surface area contributed by atoms with Gasteiger partial charge in [0, 0.05) is 16.8 Å². The maximum absolute atomic E-state index is 12.8. The molecule has 1 aromatic heterocycles. The van der Waals surface area contributed by atoms with Crippen molar-refractivity contribution in [1.82, 2.24) is 9.78 Å². The van der Waals surface area contributed by atoms with Crippen LogP contribution in [0.5, 0.6) is 0 Å². The number of aryl methyl sites for hydroxylation is 1. The van der Waals surface area contributed by atoms with Crippen LogP contribution in [0.3, 0.4) is 0 Å².